The Morgan fingerprint density at radius 1 is 1.42 bits per heavy atom. The van der Waals surface area contributed by atoms with E-state index < -0.39 is 17.4 Å². The van der Waals surface area contributed by atoms with Gasteiger partial charge in [-0.1, -0.05) is 15.9 Å². The summed E-state index contributed by atoms with van der Waals surface area (Å²) in [5.41, 5.74) is 10.9. The summed E-state index contributed by atoms with van der Waals surface area (Å²) in [6.07, 6.45) is 0.330. The van der Waals surface area contributed by atoms with Crippen molar-refractivity contribution in [2.24, 2.45) is 11.5 Å². The molecule has 1 aliphatic heterocycles. The fourth-order valence-corrected chi connectivity index (χ4v) is 2.56. The molecule has 1 atom stereocenters. The van der Waals surface area contributed by atoms with Gasteiger partial charge in [0.2, 0.25) is 0 Å². The average molecular weight is 328 g/mol. The van der Waals surface area contributed by atoms with E-state index in [-0.39, 0.29) is 6.54 Å². The van der Waals surface area contributed by atoms with E-state index in [2.05, 4.69) is 15.9 Å². The van der Waals surface area contributed by atoms with Crippen LogP contribution in [0.3, 0.4) is 0 Å². The van der Waals surface area contributed by atoms with Crippen LogP contribution in [0.15, 0.2) is 22.7 Å². The Kier molecular flexibility index (Phi) is 3.51. The fraction of sp³-hybridized carbons (Fsp3) is 0.333. The molecule has 6 nitrogen and oxygen atoms in total. The number of carboxylic acid groups (broad SMARTS) is 1. The largest absolute Gasteiger partial charge is 0.480 e. The molecule has 0 bridgehead atoms. The molecule has 1 fully saturated rings. The van der Waals surface area contributed by atoms with Gasteiger partial charge in [0.15, 0.2) is 0 Å². The quantitative estimate of drug-likeness (QED) is 0.750. The maximum atomic E-state index is 11.5. The monoisotopic (exact) mass is 327 g/mol. The number of anilines is 1. The number of carbonyl (C=O) groups excluding carboxylic acids is 1. The van der Waals surface area contributed by atoms with Crippen molar-refractivity contribution in [1.82, 2.24) is 0 Å². The zero-order valence-electron chi connectivity index (χ0n) is 10.1. The Hall–Kier alpha value is -1.60. The number of rotatable bonds is 3. The molecule has 0 spiro atoms. The highest BCUT2D eigenvalue weighted by Gasteiger charge is 2.42. The predicted molar refractivity (Wildman–Crippen MR) is 74.0 cm³/mol. The highest BCUT2D eigenvalue weighted by atomic mass is 79.9. The van der Waals surface area contributed by atoms with Crippen molar-refractivity contribution in [2.75, 3.05) is 18.0 Å². The molecule has 102 valence electrons. The van der Waals surface area contributed by atoms with Crippen molar-refractivity contribution < 1.29 is 14.7 Å². The first-order valence-electron chi connectivity index (χ1n) is 5.70. The maximum absolute atomic E-state index is 11.5. The summed E-state index contributed by atoms with van der Waals surface area (Å²) in [6, 6.07) is 5.13. The molecule has 0 aromatic heterocycles. The molecule has 5 N–H and O–H groups in total. The second kappa shape index (κ2) is 4.82. The molecule has 1 aromatic carbocycles. The molecule has 19 heavy (non-hydrogen) atoms. The summed E-state index contributed by atoms with van der Waals surface area (Å²) in [6.45, 7) is 0.634. The fourth-order valence-electron chi connectivity index (χ4n) is 2.19. The second-order valence-corrected chi connectivity index (χ2v) is 5.57. The van der Waals surface area contributed by atoms with Gasteiger partial charge in [0, 0.05) is 23.2 Å². The van der Waals surface area contributed by atoms with E-state index in [1.165, 1.54) is 0 Å². The van der Waals surface area contributed by atoms with Crippen molar-refractivity contribution >= 4 is 33.5 Å². The Balaban J connectivity index is 2.34. The Bertz CT molecular complexity index is 549. The zero-order valence-corrected chi connectivity index (χ0v) is 11.7. The van der Waals surface area contributed by atoms with E-state index in [1.54, 1.807) is 23.1 Å². The summed E-state index contributed by atoms with van der Waals surface area (Å²) in [5, 5.41) is 9.11. The topological polar surface area (TPSA) is 110 Å². The highest BCUT2D eigenvalue weighted by Crippen LogP contribution is 2.30. The van der Waals surface area contributed by atoms with Crippen molar-refractivity contribution in [1.29, 1.82) is 0 Å². The van der Waals surface area contributed by atoms with Crippen molar-refractivity contribution in [3.05, 3.63) is 28.2 Å². The molecular weight excluding hydrogens is 314 g/mol. The van der Waals surface area contributed by atoms with Crippen LogP contribution in [0.5, 0.6) is 0 Å². The van der Waals surface area contributed by atoms with Gasteiger partial charge in [-0.25, -0.2) is 0 Å². The molecule has 1 saturated heterocycles. The lowest BCUT2D eigenvalue weighted by atomic mass is 10.0. The number of halogens is 1. The highest BCUT2D eigenvalue weighted by molar-refractivity contribution is 9.10. The van der Waals surface area contributed by atoms with E-state index >= 15 is 0 Å². The van der Waals surface area contributed by atoms with E-state index in [0.717, 1.165) is 4.47 Å². The molecular formula is C12H14BrN3O3. The number of nitrogens with zero attached hydrogens (tertiary/aromatic N) is 1. The lowest BCUT2D eigenvalue weighted by Gasteiger charge is -2.23. The minimum absolute atomic E-state index is 0.157. The van der Waals surface area contributed by atoms with Gasteiger partial charge in [-0.05, 0) is 24.6 Å². The molecule has 0 aliphatic carbocycles. The first-order chi connectivity index (χ1) is 8.83. The first kappa shape index (κ1) is 13.8. The summed E-state index contributed by atoms with van der Waals surface area (Å²) >= 11 is 3.27. The standard InChI is InChI=1S/C12H14BrN3O3/c13-7-1-2-9(8(5-7)10(14)17)16-4-3-12(15,6-16)11(18)19/h1-2,5H,3-4,6,15H2,(H2,14,17)(H,18,19). The first-order valence-corrected chi connectivity index (χ1v) is 6.49. The second-order valence-electron chi connectivity index (χ2n) is 4.66. The molecule has 7 heteroatoms. The number of aliphatic carboxylic acids is 1. The van der Waals surface area contributed by atoms with Gasteiger partial charge in [0.25, 0.3) is 5.91 Å². The van der Waals surface area contributed by atoms with Crippen LogP contribution in [0, 0.1) is 0 Å². The van der Waals surface area contributed by atoms with Crippen LogP contribution in [-0.4, -0.2) is 35.6 Å². The molecule has 1 unspecified atom stereocenters. The number of carbonyl (C=O) groups is 2. The summed E-state index contributed by atoms with van der Waals surface area (Å²) < 4.78 is 0.737. The molecule has 1 aliphatic rings. The van der Waals surface area contributed by atoms with Gasteiger partial charge in [-0.2, -0.15) is 0 Å². The van der Waals surface area contributed by atoms with Gasteiger partial charge < -0.3 is 21.5 Å². The number of primary amides is 1. The molecule has 1 aromatic rings. The lowest BCUT2D eigenvalue weighted by Crippen LogP contribution is -2.50. The van der Waals surface area contributed by atoms with Crippen molar-refractivity contribution in [2.45, 2.75) is 12.0 Å². The molecule has 0 radical (unpaired) electrons. The van der Waals surface area contributed by atoms with Crippen LogP contribution in [0.2, 0.25) is 0 Å². The van der Waals surface area contributed by atoms with E-state index in [0.29, 0.717) is 24.2 Å². The number of hydrogen-bond acceptors (Lipinski definition) is 4. The zero-order chi connectivity index (χ0) is 14.2. The molecule has 0 saturated carbocycles. The Morgan fingerprint density at radius 3 is 2.63 bits per heavy atom. The summed E-state index contributed by atoms with van der Waals surface area (Å²) in [4.78, 5) is 24.4. The van der Waals surface area contributed by atoms with E-state index in [1.807, 2.05) is 0 Å². The van der Waals surface area contributed by atoms with Gasteiger partial charge in [-0.3, -0.25) is 9.59 Å². The Morgan fingerprint density at radius 2 is 2.11 bits per heavy atom. The van der Waals surface area contributed by atoms with Gasteiger partial charge in [0.1, 0.15) is 5.54 Å². The van der Waals surface area contributed by atoms with Crippen molar-refractivity contribution in [3.63, 3.8) is 0 Å². The summed E-state index contributed by atoms with van der Waals surface area (Å²) in [5.74, 6) is -1.59. The average Bonchev–Trinajstić information content (AvgIpc) is 2.73. The van der Waals surface area contributed by atoms with Gasteiger partial charge in [-0.15, -0.1) is 0 Å². The number of carboxylic acids is 1. The summed E-state index contributed by atoms with van der Waals surface area (Å²) in [7, 11) is 0. The van der Waals surface area contributed by atoms with E-state index in [9.17, 15) is 9.59 Å². The predicted octanol–water partition coefficient (Wildman–Crippen LogP) is 0.540. The smallest absolute Gasteiger partial charge is 0.325 e. The molecule has 1 amide bonds. The SMILES string of the molecule is NC(=O)c1cc(Br)ccc1N1CCC(N)(C(=O)O)C1. The number of amides is 1. The van der Waals surface area contributed by atoms with Crippen LogP contribution < -0.4 is 16.4 Å². The number of nitrogens with two attached hydrogens (primary N) is 2. The maximum Gasteiger partial charge on any atom is 0.325 e. The van der Waals surface area contributed by atoms with Crippen LogP contribution in [0.1, 0.15) is 16.8 Å². The third-order valence-electron chi connectivity index (χ3n) is 3.29. The third kappa shape index (κ3) is 2.57. The van der Waals surface area contributed by atoms with Crippen molar-refractivity contribution in [3.8, 4) is 0 Å². The normalized spacial score (nSPS) is 22.5. The van der Waals surface area contributed by atoms with Crippen LogP contribution in [0.25, 0.3) is 0 Å². The van der Waals surface area contributed by atoms with E-state index in [4.69, 9.17) is 16.6 Å². The molecule has 2 rings (SSSR count). The minimum Gasteiger partial charge on any atom is -0.480 e. The van der Waals surface area contributed by atoms with Crippen LogP contribution >= 0.6 is 15.9 Å². The Labute approximate surface area is 118 Å². The van der Waals surface area contributed by atoms with Crippen LogP contribution in [-0.2, 0) is 4.79 Å². The molecule has 1 heterocycles. The van der Waals surface area contributed by atoms with Gasteiger partial charge in [0.05, 0.1) is 5.56 Å². The third-order valence-corrected chi connectivity index (χ3v) is 3.78. The lowest BCUT2D eigenvalue weighted by molar-refractivity contribution is -0.142. The van der Waals surface area contributed by atoms with Crippen LogP contribution in [0.4, 0.5) is 5.69 Å². The van der Waals surface area contributed by atoms with Gasteiger partial charge >= 0.3 is 5.97 Å². The number of hydrogen-bond donors (Lipinski definition) is 3. The number of benzene rings is 1. The minimum atomic E-state index is -1.28.